The maximum absolute atomic E-state index is 13.9. The number of likely N-dealkylation sites (N-methyl/N-ethyl adjacent to an activating group) is 1. The first kappa shape index (κ1) is 69.4. The number of aliphatic hydroxyl groups is 1. The summed E-state index contributed by atoms with van der Waals surface area (Å²) in [5.74, 6) is -2.80. The highest BCUT2D eigenvalue weighted by Gasteiger charge is 2.56. The Bertz CT molecular complexity index is 2020. The van der Waals surface area contributed by atoms with Crippen molar-refractivity contribution in [3.63, 3.8) is 0 Å². The highest BCUT2D eigenvalue weighted by molar-refractivity contribution is 6.74. The van der Waals surface area contributed by atoms with E-state index in [1.165, 1.54) is 19.6 Å². The SMILES string of the molecule is CCCC(=O)O[C@H]1[C@H](C)O[C@@H](O[C@H]2[C@H](N(C)C)[C@@H](OC(C)=O)[C@H](O[C@H]3[C@@H](CC(OC)OC)C[C@@H](C)[C@@H](O[Si](C)(C)C(C)(C)C)CN(CCCCc4ccccc4)CC[C@@H](C)OC(=O)C[C@@H](O)[C@@H]3OC)O[C@@H]2C)C[C@@]1(C)OC(=O)CC. The number of cyclic esters (lactones) is 1. The molecule has 16 atom stereocenters. The number of benzene rings is 1. The number of aliphatic hydroxyl groups excluding tert-OH is 1. The van der Waals surface area contributed by atoms with Gasteiger partial charge in [0.15, 0.2) is 45.0 Å². The third kappa shape index (κ3) is 20.3. The van der Waals surface area contributed by atoms with Gasteiger partial charge in [-0.05, 0) is 122 Å². The van der Waals surface area contributed by atoms with Crippen LogP contribution in [-0.2, 0) is 82.1 Å². The number of methoxy groups -OCH3 is 3. The fourth-order valence-corrected chi connectivity index (χ4v) is 12.6. The number of hydrogen-bond acceptors (Lipinski definition) is 19. The third-order valence-electron chi connectivity index (χ3n) is 16.6. The Morgan fingerprint density at radius 3 is 2.16 bits per heavy atom. The molecule has 0 amide bonds. The van der Waals surface area contributed by atoms with Crippen LogP contribution in [0.15, 0.2) is 30.3 Å². The molecular formula is C60H104N2O17Si. The molecule has 0 aromatic heterocycles. The topological polar surface area (TPSA) is 206 Å². The molecule has 0 radical (unpaired) electrons. The minimum Gasteiger partial charge on any atom is -0.463 e. The van der Waals surface area contributed by atoms with Crippen LogP contribution in [0.2, 0.25) is 18.1 Å². The molecule has 3 aliphatic heterocycles. The molecule has 3 aliphatic rings. The van der Waals surface area contributed by atoms with E-state index >= 15 is 0 Å². The van der Waals surface area contributed by atoms with Crippen LogP contribution in [0, 0.1) is 11.8 Å². The second-order valence-electron chi connectivity index (χ2n) is 24.5. The fraction of sp³-hybridized carbons (Fsp3) is 0.833. The lowest BCUT2D eigenvalue weighted by Crippen LogP contribution is -2.67. The Labute approximate surface area is 480 Å². The van der Waals surface area contributed by atoms with E-state index < -0.39 is 130 Å². The first-order valence-electron chi connectivity index (χ1n) is 29.4. The van der Waals surface area contributed by atoms with Crippen molar-refractivity contribution in [1.29, 1.82) is 0 Å². The van der Waals surface area contributed by atoms with Crippen LogP contribution in [0.25, 0.3) is 0 Å². The highest BCUT2D eigenvalue weighted by Crippen LogP contribution is 2.42. The number of ether oxygens (including phenoxy) is 11. The second-order valence-corrected chi connectivity index (χ2v) is 29.3. The van der Waals surface area contributed by atoms with Crippen molar-refractivity contribution in [2.24, 2.45) is 11.8 Å². The van der Waals surface area contributed by atoms with Gasteiger partial charge in [-0.1, -0.05) is 71.9 Å². The summed E-state index contributed by atoms with van der Waals surface area (Å²) in [5, 5.41) is 12.2. The Hall–Kier alpha value is -3.12. The molecule has 1 aromatic carbocycles. The molecule has 460 valence electrons. The second kappa shape index (κ2) is 32.2. The summed E-state index contributed by atoms with van der Waals surface area (Å²) in [7, 11) is 5.82. The number of esters is 4. The van der Waals surface area contributed by atoms with Crippen molar-refractivity contribution in [3.8, 4) is 0 Å². The van der Waals surface area contributed by atoms with Gasteiger partial charge in [-0.3, -0.25) is 19.2 Å². The molecule has 20 heteroatoms. The Kier molecular flexibility index (Phi) is 28.0. The zero-order valence-corrected chi connectivity index (χ0v) is 52.9. The molecular weight excluding hydrogens is 1050 g/mol. The molecule has 3 saturated heterocycles. The average molecular weight is 1150 g/mol. The van der Waals surface area contributed by atoms with Gasteiger partial charge in [-0.15, -0.1) is 0 Å². The van der Waals surface area contributed by atoms with Crippen molar-refractivity contribution in [2.45, 2.75) is 256 Å². The number of nitrogens with zero attached hydrogens (tertiary/aromatic N) is 2. The number of aryl methyl sites for hydroxylation is 1. The van der Waals surface area contributed by atoms with Gasteiger partial charge < -0.3 is 71.4 Å². The molecule has 3 heterocycles. The number of unbranched alkanes of at least 4 members (excludes halogenated alkanes) is 1. The summed E-state index contributed by atoms with van der Waals surface area (Å²) in [6, 6.07) is 9.74. The summed E-state index contributed by atoms with van der Waals surface area (Å²) in [6.07, 6.45) is -7.30. The predicted molar refractivity (Wildman–Crippen MR) is 305 cm³/mol. The molecule has 0 saturated carbocycles. The predicted octanol–water partition coefficient (Wildman–Crippen LogP) is 8.39. The number of carbonyl (C=O) groups excluding carboxylic acids is 4. The smallest absolute Gasteiger partial charge is 0.308 e. The molecule has 80 heavy (non-hydrogen) atoms. The minimum absolute atomic E-state index is 0.00242. The van der Waals surface area contributed by atoms with Crippen LogP contribution in [0.5, 0.6) is 0 Å². The quantitative estimate of drug-likeness (QED) is 0.0359. The van der Waals surface area contributed by atoms with E-state index in [4.69, 9.17) is 56.5 Å². The molecule has 4 rings (SSSR count). The monoisotopic (exact) mass is 1150 g/mol. The van der Waals surface area contributed by atoms with Gasteiger partial charge in [-0.2, -0.15) is 0 Å². The van der Waals surface area contributed by atoms with Gasteiger partial charge in [-0.25, -0.2) is 0 Å². The summed E-state index contributed by atoms with van der Waals surface area (Å²) in [5.41, 5.74) is -0.0337. The Balaban J connectivity index is 1.82. The molecule has 0 unspecified atom stereocenters. The lowest BCUT2D eigenvalue weighted by molar-refractivity contribution is -0.346. The first-order chi connectivity index (χ1) is 37.6. The molecule has 1 N–H and O–H groups in total. The Morgan fingerprint density at radius 2 is 1.57 bits per heavy atom. The summed E-state index contributed by atoms with van der Waals surface area (Å²) >= 11 is 0. The van der Waals surface area contributed by atoms with Gasteiger partial charge >= 0.3 is 23.9 Å². The minimum atomic E-state index is -2.42. The molecule has 3 fully saturated rings. The van der Waals surface area contributed by atoms with E-state index in [1.54, 1.807) is 35.0 Å². The molecule has 0 bridgehead atoms. The Morgan fingerprint density at radius 1 is 0.900 bits per heavy atom. The first-order valence-corrected chi connectivity index (χ1v) is 32.3. The van der Waals surface area contributed by atoms with Crippen LogP contribution in [0.3, 0.4) is 0 Å². The summed E-state index contributed by atoms with van der Waals surface area (Å²) in [6.45, 7) is 27.5. The van der Waals surface area contributed by atoms with Crippen molar-refractivity contribution in [3.05, 3.63) is 35.9 Å². The van der Waals surface area contributed by atoms with E-state index in [1.807, 2.05) is 45.8 Å². The molecule has 19 nitrogen and oxygen atoms in total. The van der Waals surface area contributed by atoms with Crippen LogP contribution in [0.4, 0.5) is 0 Å². The number of hydrogen-bond donors (Lipinski definition) is 1. The van der Waals surface area contributed by atoms with Crippen LogP contribution in [-0.4, -0.2) is 194 Å². The van der Waals surface area contributed by atoms with Gasteiger partial charge in [0.05, 0.1) is 43.0 Å². The fourth-order valence-electron chi connectivity index (χ4n) is 11.2. The molecule has 0 aliphatic carbocycles. The van der Waals surface area contributed by atoms with Gasteiger partial charge in [0.25, 0.3) is 0 Å². The molecule has 1 aromatic rings. The summed E-state index contributed by atoms with van der Waals surface area (Å²) < 4.78 is 77.3. The van der Waals surface area contributed by atoms with Gasteiger partial charge in [0, 0.05) is 67.0 Å². The third-order valence-corrected chi connectivity index (χ3v) is 21.1. The van der Waals surface area contributed by atoms with Crippen molar-refractivity contribution in [2.75, 3.05) is 55.1 Å². The van der Waals surface area contributed by atoms with Crippen LogP contribution >= 0.6 is 0 Å². The highest BCUT2D eigenvalue weighted by atomic mass is 28.4. The van der Waals surface area contributed by atoms with E-state index in [9.17, 15) is 24.3 Å². The van der Waals surface area contributed by atoms with Crippen LogP contribution < -0.4 is 0 Å². The van der Waals surface area contributed by atoms with Crippen molar-refractivity contribution >= 4 is 32.2 Å². The van der Waals surface area contributed by atoms with Crippen molar-refractivity contribution < 1.29 is 80.8 Å². The van der Waals surface area contributed by atoms with Crippen molar-refractivity contribution in [1.82, 2.24) is 9.80 Å². The summed E-state index contributed by atoms with van der Waals surface area (Å²) in [4.78, 5) is 57.4. The largest absolute Gasteiger partial charge is 0.463 e. The standard InChI is InChI=1S/C60H104N2O17Si/c1-19-26-48(66)75-57-41(6)72-51(36-60(57,11)78-47(65)20-2)76-53-40(5)73-58(56(74-42(7)63)52(53)61(12)13)77-54-44(34-50(68-14)69-15)33-38(3)46(79-80(17,18)59(8,9)10)37-62(31-25-24-29-43-27-22-21-23-28-43)32-30-39(4)71-49(67)35-45(64)55(54)70-16/h21-23,27-28,38-41,44-46,50-58,64H,19-20,24-26,29-37H2,1-18H3/t38-,39-,40-,41+,44-,45-,46+,51+,52+,53-,54+,55+,56-,57+,58+,60-/m1/s1. The zero-order chi connectivity index (χ0) is 59.7. The number of carbonyl (C=O) groups is 4. The van der Waals surface area contributed by atoms with E-state index in [0.717, 1.165) is 25.8 Å². The van der Waals surface area contributed by atoms with Crippen LogP contribution in [0.1, 0.15) is 146 Å². The van der Waals surface area contributed by atoms with E-state index in [2.05, 4.69) is 70.0 Å². The maximum atomic E-state index is 13.9. The zero-order valence-electron chi connectivity index (χ0n) is 51.9. The van der Waals surface area contributed by atoms with Gasteiger partial charge in [0.1, 0.15) is 18.3 Å². The molecule has 0 spiro atoms. The lowest BCUT2D eigenvalue weighted by atomic mass is 9.82. The lowest BCUT2D eigenvalue weighted by Gasteiger charge is -2.51. The van der Waals surface area contributed by atoms with E-state index in [-0.39, 0.29) is 42.7 Å². The van der Waals surface area contributed by atoms with Gasteiger partial charge in [0.2, 0.25) is 0 Å². The number of rotatable bonds is 23. The van der Waals surface area contributed by atoms with E-state index in [0.29, 0.717) is 32.4 Å². The maximum Gasteiger partial charge on any atom is 0.308 e. The normalized spacial score (nSPS) is 32.9. The average Bonchev–Trinajstić information content (AvgIpc) is 3.56.